The first-order valence-electron chi connectivity index (χ1n) is 4.60. The van der Waals surface area contributed by atoms with Crippen molar-refractivity contribution in [3.8, 4) is 0 Å². The van der Waals surface area contributed by atoms with Crippen molar-refractivity contribution in [2.75, 3.05) is 6.26 Å². The van der Waals surface area contributed by atoms with Crippen LogP contribution in [0.4, 0.5) is 0 Å². The second kappa shape index (κ2) is 4.10. The summed E-state index contributed by atoms with van der Waals surface area (Å²) < 4.78 is 25.8. The highest BCUT2D eigenvalue weighted by Crippen LogP contribution is 2.11. The Morgan fingerprint density at radius 2 is 2.06 bits per heavy atom. The Kier molecular flexibility index (Phi) is 2.76. The summed E-state index contributed by atoms with van der Waals surface area (Å²) in [4.78, 5) is 19.4. The van der Waals surface area contributed by atoms with E-state index in [2.05, 4.69) is 14.2 Å². The van der Waals surface area contributed by atoms with E-state index in [0.29, 0.717) is 11.0 Å². The Bertz CT molecular complexity index is 682. The van der Waals surface area contributed by atoms with E-state index in [0.717, 1.165) is 6.26 Å². The number of rotatable bonds is 2. The summed E-state index contributed by atoms with van der Waals surface area (Å²) in [6.45, 7) is 0. The first kappa shape index (κ1) is 11.5. The number of fused-ring (bicyclic) bond motifs is 1. The van der Waals surface area contributed by atoms with Gasteiger partial charge in [-0.2, -0.15) is 8.42 Å². The van der Waals surface area contributed by atoms with Crippen molar-refractivity contribution < 1.29 is 17.4 Å². The van der Waals surface area contributed by atoms with E-state index in [1.807, 2.05) is 0 Å². The smallest absolute Gasteiger partial charge is 0.341 e. The quantitative estimate of drug-likeness (QED) is 0.733. The van der Waals surface area contributed by atoms with Gasteiger partial charge in [0.2, 0.25) is 0 Å². The summed E-state index contributed by atoms with van der Waals surface area (Å²) in [6, 6.07) is 4.87. The van der Waals surface area contributed by atoms with Crippen molar-refractivity contribution in [3.63, 3.8) is 0 Å². The molecule has 17 heavy (non-hydrogen) atoms. The highest BCUT2D eigenvalue weighted by atomic mass is 32.2. The maximum atomic E-state index is 11.4. The van der Waals surface area contributed by atoms with Crippen LogP contribution in [0, 0.1) is 0 Å². The van der Waals surface area contributed by atoms with Gasteiger partial charge >= 0.3 is 16.1 Å². The summed E-state index contributed by atoms with van der Waals surface area (Å²) in [5.41, 5.74) is 1.15. The minimum absolute atomic E-state index is 0.0432. The highest BCUT2D eigenvalue weighted by molar-refractivity contribution is 7.86. The predicted molar refractivity (Wildman–Crippen MR) is 59.8 cm³/mol. The zero-order valence-corrected chi connectivity index (χ0v) is 9.64. The van der Waals surface area contributed by atoms with Crippen LogP contribution in [-0.2, 0) is 14.3 Å². The summed E-state index contributed by atoms with van der Waals surface area (Å²) >= 11 is 0. The van der Waals surface area contributed by atoms with Crippen LogP contribution in [0.2, 0.25) is 0 Å². The van der Waals surface area contributed by atoms with Gasteiger partial charge in [0.25, 0.3) is 0 Å². The zero-order valence-electron chi connectivity index (χ0n) is 8.82. The van der Waals surface area contributed by atoms with Crippen LogP contribution < -0.4 is 0 Å². The van der Waals surface area contributed by atoms with Crippen molar-refractivity contribution in [2.24, 2.45) is 0 Å². The summed E-state index contributed by atoms with van der Waals surface area (Å²) in [5, 5.41) is 0. The number of carbonyl (C=O) groups is 1. The van der Waals surface area contributed by atoms with Gasteiger partial charge in [0.1, 0.15) is 0 Å². The van der Waals surface area contributed by atoms with Gasteiger partial charge < -0.3 is 4.18 Å². The van der Waals surface area contributed by atoms with E-state index in [-0.39, 0.29) is 5.56 Å². The lowest BCUT2D eigenvalue weighted by Crippen LogP contribution is -2.11. The monoisotopic (exact) mass is 252 g/mol. The Morgan fingerprint density at radius 1 is 1.29 bits per heavy atom. The number of carbonyl (C=O) groups excluding carboxylic acids is 1. The van der Waals surface area contributed by atoms with Crippen LogP contribution >= 0.6 is 0 Å². The third-order valence-electron chi connectivity index (χ3n) is 1.91. The Hall–Kier alpha value is -2.02. The first-order chi connectivity index (χ1) is 7.96. The molecule has 0 bridgehead atoms. The molecule has 0 N–H and O–H groups in total. The molecule has 2 rings (SSSR count). The molecule has 2 heterocycles. The van der Waals surface area contributed by atoms with E-state index in [4.69, 9.17) is 0 Å². The molecule has 0 saturated heterocycles. The molecule has 6 nitrogen and oxygen atoms in total. The number of hydrogen-bond donors (Lipinski definition) is 0. The second-order valence-electron chi connectivity index (χ2n) is 3.34. The lowest BCUT2D eigenvalue weighted by Gasteiger charge is -2.02. The first-order valence-corrected chi connectivity index (χ1v) is 6.42. The minimum Gasteiger partial charge on any atom is -0.341 e. The third kappa shape index (κ3) is 2.76. The van der Waals surface area contributed by atoms with Crippen LogP contribution in [0.15, 0.2) is 30.6 Å². The molecule has 7 heteroatoms. The fraction of sp³-hybridized carbons (Fsp3) is 0.100. The molecular formula is C10H8N2O4S. The molecule has 88 valence electrons. The molecule has 0 fully saturated rings. The molecular weight excluding hydrogens is 244 g/mol. The van der Waals surface area contributed by atoms with Gasteiger partial charge in [0.05, 0.1) is 22.9 Å². The lowest BCUT2D eigenvalue weighted by atomic mass is 10.2. The van der Waals surface area contributed by atoms with Gasteiger partial charge in [-0.15, -0.1) is 0 Å². The average Bonchev–Trinajstić information content (AvgIpc) is 2.26. The Balaban J connectivity index is 2.40. The standard InChI is InChI=1S/C10H8N2O4S/c1-17(14,15)16-10(13)7-5-9-8(12-6-7)3-2-4-11-9/h2-6H,1H3. The summed E-state index contributed by atoms with van der Waals surface area (Å²) in [6.07, 6.45) is 3.60. The largest absolute Gasteiger partial charge is 0.355 e. The van der Waals surface area contributed by atoms with E-state index in [1.54, 1.807) is 18.3 Å². The maximum Gasteiger partial charge on any atom is 0.355 e. The number of nitrogens with zero attached hydrogens (tertiary/aromatic N) is 2. The van der Waals surface area contributed by atoms with E-state index in [1.165, 1.54) is 12.3 Å². The third-order valence-corrected chi connectivity index (χ3v) is 2.37. The van der Waals surface area contributed by atoms with Gasteiger partial charge in [-0.05, 0) is 18.2 Å². The molecule has 0 amide bonds. The van der Waals surface area contributed by atoms with E-state index in [9.17, 15) is 13.2 Å². The molecule has 0 unspecified atom stereocenters. The van der Waals surface area contributed by atoms with Crippen LogP contribution in [0.5, 0.6) is 0 Å². The van der Waals surface area contributed by atoms with Crippen LogP contribution in [0.1, 0.15) is 10.4 Å². The normalized spacial score (nSPS) is 11.4. The summed E-state index contributed by atoms with van der Waals surface area (Å²) in [5.74, 6) is -0.965. The Morgan fingerprint density at radius 3 is 2.76 bits per heavy atom. The van der Waals surface area contributed by atoms with Crippen molar-refractivity contribution in [2.45, 2.75) is 0 Å². The van der Waals surface area contributed by atoms with Gasteiger partial charge in [-0.25, -0.2) is 4.79 Å². The average molecular weight is 252 g/mol. The second-order valence-corrected chi connectivity index (χ2v) is 4.92. The molecule has 0 aliphatic rings. The zero-order chi connectivity index (χ0) is 12.5. The number of pyridine rings is 2. The molecule has 2 aromatic rings. The number of hydrogen-bond acceptors (Lipinski definition) is 6. The molecule has 0 aromatic carbocycles. The van der Waals surface area contributed by atoms with Crippen molar-refractivity contribution in [1.82, 2.24) is 9.97 Å². The fourth-order valence-electron chi connectivity index (χ4n) is 1.25. The van der Waals surface area contributed by atoms with E-state index >= 15 is 0 Å². The topological polar surface area (TPSA) is 86.2 Å². The SMILES string of the molecule is CS(=O)(=O)OC(=O)c1cnc2cccnc2c1. The molecule has 0 aliphatic carbocycles. The van der Waals surface area contributed by atoms with Crippen molar-refractivity contribution >= 4 is 27.1 Å². The molecule has 0 aliphatic heterocycles. The maximum absolute atomic E-state index is 11.4. The van der Waals surface area contributed by atoms with Crippen molar-refractivity contribution in [3.05, 3.63) is 36.2 Å². The highest BCUT2D eigenvalue weighted by Gasteiger charge is 2.14. The van der Waals surface area contributed by atoms with Gasteiger partial charge in [0.15, 0.2) is 0 Å². The molecule has 0 saturated carbocycles. The molecule has 2 aromatic heterocycles. The van der Waals surface area contributed by atoms with Crippen LogP contribution in [0.3, 0.4) is 0 Å². The van der Waals surface area contributed by atoms with Gasteiger partial charge in [0, 0.05) is 12.4 Å². The molecule has 0 spiro atoms. The van der Waals surface area contributed by atoms with Crippen molar-refractivity contribution in [1.29, 1.82) is 0 Å². The minimum atomic E-state index is -3.82. The molecule has 0 radical (unpaired) electrons. The summed E-state index contributed by atoms with van der Waals surface area (Å²) in [7, 11) is -3.82. The van der Waals surface area contributed by atoms with E-state index < -0.39 is 16.1 Å². The van der Waals surface area contributed by atoms with Gasteiger partial charge in [-0.1, -0.05) is 0 Å². The van der Waals surface area contributed by atoms with Crippen LogP contribution in [0.25, 0.3) is 11.0 Å². The molecule has 0 atom stereocenters. The predicted octanol–water partition coefficient (Wildman–Crippen LogP) is 0.746. The lowest BCUT2D eigenvalue weighted by molar-refractivity contribution is 0.0748. The number of aromatic nitrogens is 2. The van der Waals surface area contributed by atoms with Crippen LogP contribution in [-0.4, -0.2) is 30.6 Å². The Labute approximate surface area is 97.4 Å². The van der Waals surface area contributed by atoms with Gasteiger partial charge in [-0.3, -0.25) is 9.97 Å². The fourth-order valence-corrected chi connectivity index (χ4v) is 1.62.